The van der Waals surface area contributed by atoms with Crippen molar-refractivity contribution in [3.8, 4) is 0 Å². The number of benzene rings is 1. The van der Waals surface area contributed by atoms with Gasteiger partial charge < -0.3 is 10.4 Å². The van der Waals surface area contributed by atoms with Gasteiger partial charge in [-0.1, -0.05) is 5.21 Å². The van der Waals surface area contributed by atoms with Crippen LogP contribution in [0.1, 0.15) is 17.7 Å². The summed E-state index contributed by atoms with van der Waals surface area (Å²) in [5, 5.41) is 19.5. The van der Waals surface area contributed by atoms with Crippen molar-refractivity contribution in [2.75, 3.05) is 6.61 Å². The zero-order chi connectivity index (χ0) is 14.4. The van der Waals surface area contributed by atoms with Gasteiger partial charge in [-0.15, -0.1) is 5.10 Å². The van der Waals surface area contributed by atoms with Crippen LogP contribution in [0.4, 0.5) is 8.78 Å². The van der Waals surface area contributed by atoms with Crippen LogP contribution in [0.25, 0.3) is 0 Å². The Morgan fingerprint density at radius 3 is 2.90 bits per heavy atom. The van der Waals surface area contributed by atoms with Gasteiger partial charge in [0.2, 0.25) is 0 Å². The summed E-state index contributed by atoms with van der Waals surface area (Å²) in [4.78, 5) is 0. The third kappa shape index (κ3) is 4.07. The van der Waals surface area contributed by atoms with E-state index in [0.29, 0.717) is 25.2 Å². The van der Waals surface area contributed by atoms with Gasteiger partial charge in [0.05, 0.1) is 5.69 Å². The summed E-state index contributed by atoms with van der Waals surface area (Å²) in [6.45, 7) is 1.33. The monoisotopic (exact) mass is 282 g/mol. The van der Waals surface area contributed by atoms with Crippen LogP contribution < -0.4 is 5.32 Å². The van der Waals surface area contributed by atoms with Crippen molar-refractivity contribution in [3.05, 3.63) is 47.3 Å². The topological polar surface area (TPSA) is 63.0 Å². The van der Waals surface area contributed by atoms with Crippen LogP contribution in [0.15, 0.2) is 24.4 Å². The molecule has 1 heterocycles. The van der Waals surface area contributed by atoms with Crippen LogP contribution in [-0.4, -0.2) is 26.7 Å². The maximum absolute atomic E-state index is 13.4. The Balaban J connectivity index is 1.83. The Kier molecular flexibility index (Phi) is 5.14. The highest BCUT2D eigenvalue weighted by atomic mass is 19.1. The van der Waals surface area contributed by atoms with E-state index in [0.717, 1.165) is 12.1 Å². The summed E-state index contributed by atoms with van der Waals surface area (Å²) in [5.41, 5.74) is 0.984. The molecule has 7 heteroatoms. The van der Waals surface area contributed by atoms with Gasteiger partial charge >= 0.3 is 0 Å². The van der Waals surface area contributed by atoms with Crippen molar-refractivity contribution >= 4 is 0 Å². The maximum atomic E-state index is 13.4. The average molecular weight is 282 g/mol. The molecule has 0 spiro atoms. The number of nitrogens with zero attached hydrogens (tertiary/aromatic N) is 3. The molecule has 1 aromatic carbocycles. The molecule has 2 rings (SSSR count). The lowest BCUT2D eigenvalue weighted by Crippen LogP contribution is -2.14. The van der Waals surface area contributed by atoms with Crippen LogP contribution in [0, 0.1) is 11.6 Å². The van der Waals surface area contributed by atoms with E-state index in [4.69, 9.17) is 5.11 Å². The smallest absolute Gasteiger partial charge is 0.127 e. The predicted octanol–water partition coefficient (Wildman–Crippen LogP) is 1.23. The van der Waals surface area contributed by atoms with E-state index in [-0.39, 0.29) is 18.7 Å². The molecule has 0 atom stereocenters. The largest absolute Gasteiger partial charge is 0.396 e. The highest BCUT2D eigenvalue weighted by molar-refractivity contribution is 5.18. The average Bonchev–Trinajstić information content (AvgIpc) is 2.88. The van der Waals surface area contributed by atoms with Gasteiger partial charge in [-0.3, -0.25) is 4.68 Å². The maximum Gasteiger partial charge on any atom is 0.127 e. The van der Waals surface area contributed by atoms with E-state index >= 15 is 0 Å². The highest BCUT2D eigenvalue weighted by Gasteiger charge is 2.05. The predicted molar refractivity (Wildman–Crippen MR) is 68.6 cm³/mol. The van der Waals surface area contributed by atoms with Crippen molar-refractivity contribution in [2.24, 2.45) is 0 Å². The first kappa shape index (κ1) is 14.5. The SMILES string of the molecule is OCCCn1cc(CNCc2cc(F)ccc2F)nn1. The molecule has 0 fully saturated rings. The Hall–Kier alpha value is -1.86. The minimum atomic E-state index is -0.460. The number of aryl methyl sites for hydroxylation is 1. The molecule has 1 aromatic heterocycles. The molecule has 2 N–H and O–H groups in total. The second-order valence-electron chi connectivity index (χ2n) is 4.39. The number of aromatic nitrogens is 3. The summed E-state index contributed by atoms with van der Waals surface area (Å²) < 4.78 is 28.0. The van der Waals surface area contributed by atoms with Gasteiger partial charge in [0, 0.05) is 38.0 Å². The van der Waals surface area contributed by atoms with Crippen molar-refractivity contribution in [1.82, 2.24) is 20.3 Å². The molecule has 0 unspecified atom stereocenters. The van der Waals surface area contributed by atoms with E-state index in [2.05, 4.69) is 15.6 Å². The number of hydrogen-bond donors (Lipinski definition) is 2. The Morgan fingerprint density at radius 1 is 1.25 bits per heavy atom. The number of rotatable bonds is 7. The van der Waals surface area contributed by atoms with Crippen molar-refractivity contribution in [3.63, 3.8) is 0 Å². The van der Waals surface area contributed by atoms with E-state index in [1.54, 1.807) is 10.9 Å². The van der Waals surface area contributed by atoms with Crippen molar-refractivity contribution in [1.29, 1.82) is 0 Å². The first-order chi connectivity index (χ1) is 9.69. The number of nitrogens with one attached hydrogen (secondary N) is 1. The molecule has 5 nitrogen and oxygen atoms in total. The molecule has 2 aromatic rings. The third-order valence-electron chi connectivity index (χ3n) is 2.76. The first-order valence-corrected chi connectivity index (χ1v) is 6.33. The zero-order valence-electron chi connectivity index (χ0n) is 10.9. The summed E-state index contributed by atoms with van der Waals surface area (Å²) in [5.74, 6) is -0.899. The summed E-state index contributed by atoms with van der Waals surface area (Å²) in [7, 11) is 0. The lowest BCUT2D eigenvalue weighted by atomic mass is 10.2. The number of aliphatic hydroxyl groups excluding tert-OH is 1. The third-order valence-corrected chi connectivity index (χ3v) is 2.76. The van der Waals surface area contributed by atoms with Crippen LogP contribution in [0.2, 0.25) is 0 Å². The van der Waals surface area contributed by atoms with E-state index in [1.807, 2.05) is 0 Å². The van der Waals surface area contributed by atoms with E-state index in [9.17, 15) is 8.78 Å². The summed E-state index contributed by atoms with van der Waals surface area (Å²) in [6, 6.07) is 3.36. The molecule has 0 amide bonds. The number of aliphatic hydroxyl groups is 1. The van der Waals surface area contributed by atoms with E-state index in [1.165, 1.54) is 6.07 Å². The van der Waals surface area contributed by atoms with Crippen LogP contribution in [0.3, 0.4) is 0 Å². The summed E-state index contributed by atoms with van der Waals surface area (Å²) in [6.07, 6.45) is 2.37. The highest BCUT2D eigenvalue weighted by Crippen LogP contribution is 2.09. The lowest BCUT2D eigenvalue weighted by molar-refractivity contribution is 0.276. The van der Waals surface area contributed by atoms with Gasteiger partial charge in [0.25, 0.3) is 0 Å². The van der Waals surface area contributed by atoms with Crippen LogP contribution >= 0.6 is 0 Å². The molecular weight excluding hydrogens is 266 g/mol. The molecule has 0 saturated carbocycles. The molecule has 0 saturated heterocycles. The van der Waals surface area contributed by atoms with Gasteiger partial charge in [0.15, 0.2) is 0 Å². The Morgan fingerprint density at radius 2 is 2.10 bits per heavy atom. The van der Waals surface area contributed by atoms with Gasteiger partial charge in [-0.05, 0) is 24.6 Å². The zero-order valence-corrected chi connectivity index (χ0v) is 10.9. The minimum absolute atomic E-state index is 0.103. The van der Waals surface area contributed by atoms with Gasteiger partial charge in [0.1, 0.15) is 11.6 Å². The lowest BCUT2D eigenvalue weighted by Gasteiger charge is -2.04. The molecule has 108 valence electrons. The van der Waals surface area contributed by atoms with Crippen molar-refractivity contribution < 1.29 is 13.9 Å². The standard InChI is InChI=1S/C13H16F2N4O/c14-11-2-3-13(15)10(6-11)7-16-8-12-9-19(18-17-12)4-1-5-20/h2-3,6,9,16,20H,1,4-5,7-8H2. The molecular formula is C13H16F2N4O. The first-order valence-electron chi connectivity index (χ1n) is 6.33. The van der Waals surface area contributed by atoms with Crippen LogP contribution in [-0.2, 0) is 19.6 Å². The van der Waals surface area contributed by atoms with Gasteiger partial charge in [-0.2, -0.15) is 0 Å². The molecule has 0 aliphatic rings. The second kappa shape index (κ2) is 7.06. The molecule has 20 heavy (non-hydrogen) atoms. The molecule has 0 aliphatic carbocycles. The Bertz CT molecular complexity index is 559. The molecule has 0 radical (unpaired) electrons. The normalized spacial score (nSPS) is 10.9. The van der Waals surface area contributed by atoms with E-state index < -0.39 is 11.6 Å². The fourth-order valence-electron chi connectivity index (χ4n) is 1.77. The van der Waals surface area contributed by atoms with Crippen molar-refractivity contribution in [2.45, 2.75) is 26.1 Å². The quantitative estimate of drug-likeness (QED) is 0.802. The van der Waals surface area contributed by atoms with Crippen LogP contribution in [0.5, 0.6) is 0 Å². The molecule has 0 bridgehead atoms. The summed E-state index contributed by atoms with van der Waals surface area (Å²) >= 11 is 0. The fourth-order valence-corrected chi connectivity index (χ4v) is 1.77. The van der Waals surface area contributed by atoms with Gasteiger partial charge in [-0.25, -0.2) is 8.78 Å². The second-order valence-corrected chi connectivity index (χ2v) is 4.39. The number of hydrogen-bond acceptors (Lipinski definition) is 4. The molecule has 0 aliphatic heterocycles. The minimum Gasteiger partial charge on any atom is -0.396 e. The number of halogens is 2. The fraction of sp³-hybridized carbons (Fsp3) is 0.385. The Labute approximate surface area is 115 Å².